The Morgan fingerprint density at radius 1 is 1.64 bits per heavy atom. The molecule has 0 aliphatic carbocycles. The fourth-order valence-corrected chi connectivity index (χ4v) is 1.78. The third-order valence-electron chi connectivity index (χ3n) is 2.58. The van der Waals surface area contributed by atoms with Crippen LogP contribution in [0.4, 0.5) is 5.82 Å². The van der Waals surface area contributed by atoms with Crippen LogP contribution in [0.25, 0.3) is 0 Å². The normalized spacial score (nSPS) is 21.6. The molecule has 1 unspecified atom stereocenters. The average molecular weight is 196 g/mol. The molecule has 0 radical (unpaired) electrons. The maximum absolute atomic E-state index is 5.46. The fourth-order valence-electron chi connectivity index (χ4n) is 1.78. The Morgan fingerprint density at radius 2 is 2.57 bits per heavy atom. The molecule has 0 aromatic carbocycles. The molecule has 0 bridgehead atoms. The van der Waals surface area contributed by atoms with Crippen molar-refractivity contribution in [3.63, 3.8) is 0 Å². The minimum atomic E-state index is 0.495. The lowest BCUT2D eigenvalue weighted by molar-refractivity contribution is 0.183. The smallest absolute Gasteiger partial charge is 0.165 e. The quantitative estimate of drug-likeness (QED) is 0.769. The SMILES string of the molecule is Nc1cn(CCCC2CCOC2)nn1. The van der Waals surface area contributed by atoms with Crippen molar-refractivity contribution in [1.29, 1.82) is 0 Å². The van der Waals surface area contributed by atoms with Gasteiger partial charge in [-0.2, -0.15) is 0 Å². The fraction of sp³-hybridized carbons (Fsp3) is 0.778. The van der Waals surface area contributed by atoms with Crippen molar-refractivity contribution < 1.29 is 4.74 Å². The van der Waals surface area contributed by atoms with Gasteiger partial charge in [0.25, 0.3) is 0 Å². The molecule has 2 N–H and O–H groups in total. The minimum absolute atomic E-state index is 0.495. The van der Waals surface area contributed by atoms with E-state index in [1.54, 1.807) is 10.9 Å². The lowest BCUT2D eigenvalue weighted by atomic mass is 10.0. The summed E-state index contributed by atoms with van der Waals surface area (Å²) in [7, 11) is 0. The van der Waals surface area contributed by atoms with E-state index in [9.17, 15) is 0 Å². The first kappa shape index (κ1) is 9.45. The summed E-state index contributed by atoms with van der Waals surface area (Å²) < 4.78 is 7.11. The third-order valence-corrected chi connectivity index (χ3v) is 2.58. The Kier molecular flexibility index (Phi) is 2.98. The molecule has 1 aliphatic heterocycles. The Labute approximate surface area is 83.2 Å². The van der Waals surface area contributed by atoms with Crippen molar-refractivity contribution in [2.75, 3.05) is 18.9 Å². The minimum Gasteiger partial charge on any atom is -0.381 e. The van der Waals surface area contributed by atoms with E-state index in [1.807, 2.05) is 0 Å². The van der Waals surface area contributed by atoms with E-state index in [0.717, 1.165) is 32.1 Å². The topological polar surface area (TPSA) is 66.0 Å². The zero-order valence-corrected chi connectivity index (χ0v) is 8.22. The van der Waals surface area contributed by atoms with Gasteiger partial charge in [0.2, 0.25) is 0 Å². The van der Waals surface area contributed by atoms with Gasteiger partial charge in [-0.25, -0.2) is 0 Å². The summed E-state index contributed by atoms with van der Waals surface area (Å²) in [5.74, 6) is 1.24. The predicted octanol–water partition coefficient (Wildman–Crippen LogP) is 0.677. The van der Waals surface area contributed by atoms with Gasteiger partial charge >= 0.3 is 0 Å². The Bertz CT molecular complexity index is 280. The summed E-state index contributed by atoms with van der Waals surface area (Å²) in [5.41, 5.74) is 5.46. The molecule has 1 aliphatic rings. The number of aromatic nitrogens is 3. The zero-order valence-electron chi connectivity index (χ0n) is 8.22. The van der Waals surface area contributed by atoms with Crippen LogP contribution in [0, 0.1) is 5.92 Å². The van der Waals surface area contributed by atoms with Crippen LogP contribution in [0.2, 0.25) is 0 Å². The summed E-state index contributed by atoms with van der Waals surface area (Å²) in [5, 5.41) is 7.62. The van der Waals surface area contributed by atoms with Crippen molar-refractivity contribution in [2.45, 2.75) is 25.8 Å². The first-order valence-corrected chi connectivity index (χ1v) is 5.08. The number of nitrogen functional groups attached to an aromatic ring is 1. The lowest BCUT2D eigenvalue weighted by Crippen LogP contribution is -2.04. The number of anilines is 1. The van der Waals surface area contributed by atoms with E-state index in [4.69, 9.17) is 10.5 Å². The van der Waals surface area contributed by atoms with Crippen molar-refractivity contribution in [2.24, 2.45) is 5.92 Å². The molecule has 2 heterocycles. The lowest BCUT2D eigenvalue weighted by Gasteiger charge is -2.05. The Morgan fingerprint density at radius 3 is 3.21 bits per heavy atom. The van der Waals surface area contributed by atoms with Gasteiger partial charge in [0, 0.05) is 19.8 Å². The van der Waals surface area contributed by atoms with E-state index in [1.165, 1.54) is 12.8 Å². The molecule has 14 heavy (non-hydrogen) atoms. The molecule has 1 fully saturated rings. The van der Waals surface area contributed by atoms with Gasteiger partial charge in [-0.1, -0.05) is 5.21 Å². The van der Waals surface area contributed by atoms with E-state index in [-0.39, 0.29) is 0 Å². The molecular weight excluding hydrogens is 180 g/mol. The zero-order chi connectivity index (χ0) is 9.80. The summed E-state index contributed by atoms with van der Waals surface area (Å²) in [6, 6.07) is 0. The maximum Gasteiger partial charge on any atom is 0.165 e. The van der Waals surface area contributed by atoms with E-state index >= 15 is 0 Å². The highest BCUT2D eigenvalue weighted by atomic mass is 16.5. The van der Waals surface area contributed by atoms with Crippen molar-refractivity contribution >= 4 is 5.82 Å². The van der Waals surface area contributed by atoms with Crippen molar-refractivity contribution in [3.8, 4) is 0 Å². The molecule has 5 heteroatoms. The number of hydrogen-bond acceptors (Lipinski definition) is 4. The first-order chi connectivity index (χ1) is 6.84. The molecular formula is C9H16N4O. The van der Waals surface area contributed by atoms with Gasteiger partial charge in [-0.15, -0.1) is 5.10 Å². The Hall–Kier alpha value is -1.10. The molecule has 1 aromatic rings. The van der Waals surface area contributed by atoms with Crippen LogP contribution < -0.4 is 5.73 Å². The second kappa shape index (κ2) is 4.41. The van der Waals surface area contributed by atoms with Crippen LogP contribution in [-0.4, -0.2) is 28.2 Å². The number of nitrogens with zero attached hydrogens (tertiary/aromatic N) is 3. The molecule has 0 amide bonds. The largest absolute Gasteiger partial charge is 0.381 e. The maximum atomic E-state index is 5.46. The van der Waals surface area contributed by atoms with Crippen LogP contribution in [0.3, 0.4) is 0 Å². The Balaban J connectivity index is 1.67. The number of nitrogens with two attached hydrogens (primary N) is 1. The van der Waals surface area contributed by atoms with Crippen LogP contribution in [-0.2, 0) is 11.3 Å². The van der Waals surface area contributed by atoms with Crippen LogP contribution in [0.15, 0.2) is 6.20 Å². The molecule has 0 saturated carbocycles. The monoisotopic (exact) mass is 196 g/mol. The van der Waals surface area contributed by atoms with E-state index in [2.05, 4.69) is 10.3 Å². The van der Waals surface area contributed by atoms with Gasteiger partial charge in [0.05, 0.1) is 6.20 Å². The third kappa shape index (κ3) is 2.45. The molecule has 1 aromatic heterocycles. The summed E-state index contributed by atoms with van der Waals surface area (Å²) in [6.45, 7) is 2.77. The van der Waals surface area contributed by atoms with Gasteiger partial charge in [0.1, 0.15) is 0 Å². The molecule has 78 valence electrons. The summed E-state index contributed by atoms with van der Waals surface area (Å²) in [6.07, 6.45) is 5.31. The molecule has 0 spiro atoms. The molecule has 1 atom stereocenters. The second-order valence-corrected chi connectivity index (χ2v) is 3.78. The molecule has 5 nitrogen and oxygen atoms in total. The highest BCUT2D eigenvalue weighted by Gasteiger charge is 2.14. The van der Waals surface area contributed by atoms with Crippen molar-refractivity contribution in [3.05, 3.63) is 6.20 Å². The van der Waals surface area contributed by atoms with Crippen LogP contribution in [0.5, 0.6) is 0 Å². The highest BCUT2D eigenvalue weighted by molar-refractivity contribution is 5.19. The van der Waals surface area contributed by atoms with E-state index < -0.39 is 0 Å². The predicted molar refractivity (Wildman–Crippen MR) is 52.6 cm³/mol. The summed E-state index contributed by atoms with van der Waals surface area (Å²) in [4.78, 5) is 0. The molecule has 2 rings (SSSR count). The number of aryl methyl sites for hydroxylation is 1. The van der Waals surface area contributed by atoms with Crippen LogP contribution in [0.1, 0.15) is 19.3 Å². The van der Waals surface area contributed by atoms with Gasteiger partial charge in [-0.3, -0.25) is 4.68 Å². The highest BCUT2D eigenvalue weighted by Crippen LogP contribution is 2.18. The molecule has 1 saturated heterocycles. The second-order valence-electron chi connectivity index (χ2n) is 3.78. The van der Waals surface area contributed by atoms with Crippen LogP contribution >= 0.6 is 0 Å². The summed E-state index contributed by atoms with van der Waals surface area (Å²) >= 11 is 0. The standard InChI is InChI=1S/C9H16N4O/c10-9-6-13(12-11-9)4-1-2-8-3-5-14-7-8/h6,8H,1-5,7,10H2. The number of rotatable bonds is 4. The number of hydrogen-bond donors (Lipinski definition) is 1. The van der Waals surface area contributed by atoms with E-state index in [0.29, 0.717) is 5.82 Å². The van der Waals surface area contributed by atoms with Crippen molar-refractivity contribution in [1.82, 2.24) is 15.0 Å². The first-order valence-electron chi connectivity index (χ1n) is 5.08. The average Bonchev–Trinajstić information content (AvgIpc) is 2.77. The van der Waals surface area contributed by atoms with Gasteiger partial charge < -0.3 is 10.5 Å². The van der Waals surface area contributed by atoms with Gasteiger partial charge in [0.15, 0.2) is 5.82 Å². The number of ether oxygens (including phenoxy) is 1. The van der Waals surface area contributed by atoms with Gasteiger partial charge in [-0.05, 0) is 25.2 Å².